The average molecular weight is 545 g/mol. The van der Waals surface area contributed by atoms with Crippen molar-refractivity contribution < 1.29 is 16.8 Å². The maximum absolute atomic E-state index is 12.4. The predicted octanol–water partition coefficient (Wildman–Crippen LogP) is 5.39. The Morgan fingerprint density at radius 2 is 0.889 bits per heavy atom. The number of unbranched alkanes of at least 4 members (excludes halogenated alkanes) is 12. The molecule has 2 heterocycles. The van der Waals surface area contributed by atoms with E-state index in [1.54, 1.807) is 0 Å². The minimum absolute atomic E-state index is 0.0204. The minimum atomic E-state index is -3.60. The molecule has 0 amide bonds. The monoisotopic (exact) mass is 544 g/mol. The van der Waals surface area contributed by atoms with E-state index in [-0.39, 0.29) is 33.7 Å². The highest BCUT2D eigenvalue weighted by Crippen LogP contribution is 2.17. The molecule has 0 aliphatic rings. The SMILES string of the molecule is CCCCCCCCCS(=O)(=O)c1nc(N=Nc2n[nH]c(S(=O)(=O)CCCCCCCCC)n2)n[nH]1. The summed E-state index contributed by atoms with van der Waals surface area (Å²) in [5, 5.41) is 19.2. The van der Waals surface area contributed by atoms with Crippen molar-refractivity contribution in [3.8, 4) is 0 Å². The summed E-state index contributed by atoms with van der Waals surface area (Å²) in [7, 11) is -7.20. The van der Waals surface area contributed by atoms with Gasteiger partial charge in [0.05, 0.1) is 11.5 Å². The van der Waals surface area contributed by atoms with Crippen LogP contribution in [-0.4, -0.2) is 58.7 Å². The van der Waals surface area contributed by atoms with Gasteiger partial charge >= 0.3 is 0 Å². The van der Waals surface area contributed by atoms with Crippen LogP contribution in [0.5, 0.6) is 0 Å². The zero-order valence-corrected chi connectivity index (χ0v) is 23.1. The van der Waals surface area contributed by atoms with Gasteiger partial charge in [-0.15, -0.1) is 20.4 Å². The van der Waals surface area contributed by atoms with Crippen LogP contribution in [0.15, 0.2) is 20.5 Å². The van der Waals surface area contributed by atoms with E-state index >= 15 is 0 Å². The van der Waals surface area contributed by atoms with Crippen LogP contribution < -0.4 is 0 Å². The summed E-state index contributed by atoms with van der Waals surface area (Å²) in [6.45, 7) is 4.31. The van der Waals surface area contributed by atoms with Crippen LogP contribution in [-0.2, 0) is 19.7 Å². The molecule has 0 saturated carbocycles. The summed E-state index contributed by atoms with van der Waals surface area (Å²) in [4.78, 5) is 7.74. The first-order valence-corrected chi connectivity index (χ1v) is 16.3. The summed E-state index contributed by atoms with van der Waals surface area (Å²) < 4.78 is 49.8. The Kier molecular flexibility index (Phi) is 13.2. The van der Waals surface area contributed by atoms with Crippen LogP contribution in [0.1, 0.15) is 104 Å². The van der Waals surface area contributed by atoms with Gasteiger partial charge in [0.15, 0.2) is 0 Å². The molecule has 0 unspecified atom stereocenters. The van der Waals surface area contributed by atoms with Gasteiger partial charge in [0.2, 0.25) is 30.0 Å². The van der Waals surface area contributed by atoms with Crippen molar-refractivity contribution in [1.82, 2.24) is 30.4 Å². The van der Waals surface area contributed by atoms with Gasteiger partial charge in [0.25, 0.3) is 11.9 Å². The molecular formula is C22H40N8O4S2. The van der Waals surface area contributed by atoms with Crippen LogP contribution in [0.2, 0.25) is 0 Å². The normalized spacial score (nSPS) is 12.6. The Morgan fingerprint density at radius 3 is 1.25 bits per heavy atom. The molecule has 0 atom stereocenters. The molecule has 0 aliphatic carbocycles. The summed E-state index contributed by atoms with van der Waals surface area (Å²) in [5.74, 6) is -0.447. The topological polar surface area (TPSA) is 176 Å². The average Bonchev–Trinajstić information content (AvgIpc) is 3.52. The Hall–Kier alpha value is -2.22. The first-order chi connectivity index (χ1) is 17.3. The zero-order valence-electron chi connectivity index (χ0n) is 21.4. The Bertz CT molecular complexity index is 1040. The van der Waals surface area contributed by atoms with E-state index in [0.717, 1.165) is 38.5 Å². The molecule has 0 saturated heterocycles. The quantitative estimate of drug-likeness (QED) is 0.165. The number of aromatic amines is 2. The molecule has 0 radical (unpaired) electrons. The van der Waals surface area contributed by atoms with Crippen LogP contribution in [0.4, 0.5) is 11.9 Å². The lowest BCUT2D eigenvalue weighted by atomic mass is 10.1. The van der Waals surface area contributed by atoms with E-state index in [1.165, 1.54) is 38.5 Å². The van der Waals surface area contributed by atoms with Crippen molar-refractivity contribution >= 4 is 31.6 Å². The number of H-pyrrole nitrogens is 2. The fourth-order valence-corrected chi connectivity index (χ4v) is 5.99. The number of rotatable bonds is 20. The Labute approximate surface area is 214 Å². The van der Waals surface area contributed by atoms with E-state index < -0.39 is 19.7 Å². The maximum Gasteiger partial charge on any atom is 0.288 e. The standard InChI is InChI=1S/C22H40N8O4S2/c1-3-5-7-9-11-13-15-17-35(31,32)21-23-19(27-29-21)25-26-20-24-22(30-28-20)36(33,34)18-16-14-12-10-8-6-4-2/h3-18H2,1-2H3,(H,23,27,29)(H,24,28,30). The molecule has 12 nitrogen and oxygen atoms in total. The van der Waals surface area contributed by atoms with Gasteiger partial charge in [-0.3, -0.25) is 0 Å². The molecule has 36 heavy (non-hydrogen) atoms. The van der Waals surface area contributed by atoms with Crippen molar-refractivity contribution in [2.45, 2.75) is 114 Å². The summed E-state index contributed by atoms with van der Waals surface area (Å²) >= 11 is 0. The molecule has 0 spiro atoms. The van der Waals surface area contributed by atoms with Gasteiger partial charge < -0.3 is 0 Å². The van der Waals surface area contributed by atoms with Crippen LogP contribution in [0, 0.1) is 0 Å². The van der Waals surface area contributed by atoms with Gasteiger partial charge in [0.1, 0.15) is 0 Å². The zero-order chi connectivity index (χ0) is 26.3. The third-order valence-corrected chi connectivity index (χ3v) is 8.95. The van der Waals surface area contributed by atoms with E-state index in [9.17, 15) is 16.8 Å². The third-order valence-electron chi connectivity index (χ3n) is 5.76. The van der Waals surface area contributed by atoms with Gasteiger partial charge in [0, 0.05) is 0 Å². The Balaban J connectivity index is 1.81. The molecular weight excluding hydrogens is 504 g/mol. The lowest BCUT2D eigenvalue weighted by Gasteiger charge is -2.01. The van der Waals surface area contributed by atoms with Gasteiger partial charge in [-0.05, 0) is 12.8 Å². The molecule has 2 N–H and O–H groups in total. The van der Waals surface area contributed by atoms with Gasteiger partial charge in [-0.25, -0.2) is 27.0 Å². The molecule has 0 aromatic carbocycles. The largest absolute Gasteiger partial charge is 0.288 e. The fourth-order valence-electron chi connectivity index (χ4n) is 3.63. The van der Waals surface area contributed by atoms with E-state index in [1.807, 2.05) is 0 Å². The lowest BCUT2D eigenvalue weighted by molar-refractivity contribution is 0.572. The maximum atomic E-state index is 12.4. The molecule has 2 rings (SSSR count). The van der Waals surface area contributed by atoms with Crippen molar-refractivity contribution in [1.29, 1.82) is 0 Å². The van der Waals surface area contributed by atoms with Crippen LogP contribution in [0.3, 0.4) is 0 Å². The summed E-state index contributed by atoms with van der Waals surface area (Å²) in [6.07, 6.45) is 14.2. The molecule has 14 heteroatoms. The molecule has 0 bridgehead atoms. The number of nitrogens with zero attached hydrogens (tertiary/aromatic N) is 6. The van der Waals surface area contributed by atoms with Crippen molar-refractivity contribution in [3.63, 3.8) is 0 Å². The second kappa shape index (κ2) is 15.8. The number of azo groups is 1. The molecule has 0 aliphatic heterocycles. The van der Waals surface area contributed by atoms with Crippen LogP contribution in [0.25, 0.3) is 0 Å². The summed E-state index contributed by atoms with van der Waals surface area (Å²) in [5.41, 5.74) is 0. The first kappa shape index (κ1) is 30.0. The van der Waals surface area contributed by atoms with Crippen molar-refractivity contribution in [2.75, 3.05) is 11.5 Å². The number of hydrogen-bond acceptors (Lipinski definition) is 10. The second-order valence-corrected chi connectivity index (χ2v) is 13.0. The highest BCUT2D eigenvalue weighted by atomic mass is 32.2. The lowest BCUT2D eigenvalue weighted by Crippen LogP contribution is -2.08. The van der Waals surface area contributed by atoms with Crippen molar-refractivity contribution in [3.05, 3.63) is 0 Å². The molecule has 204 valence electrons. The number of sulfone groups is 2. The highest BCUT2D eigenvalue weighted by Gasteiger charge is 2.21. The minimum Gasteiger partial charge on any atom is -0.248 e. The third kappa shape index (κ3) is 10.8. The second-order valence-electron chi connectivity index (χ2n) is 8.96. The Morgan fingerprint density at radius 1 is 0.556 bits per heavy atom. The first-order valence-electron chi connectivity index (χ1n) is 13.0. The van der Waals surface area contributed by atoms with Gasteiger partial charge in [-0.1, -0.05) is 90.9 Å². The van der Waals surface area contributed by atoms with Gasteiger partial charge in [-0.2, -0.15) is 9.97 Å². The number of hydrogen-bond donors (Lipinski definition) is 2. The fraction of sp³-hybridized carbons (Fsp3) is 0.818. The molecule has 0 fully saturated rings. The molecule has 2 aromatic rings. The smallest absolute Gasteiger partial charge is 0.248 e. The van der Waals surface area contributed by atoms with E-state index in [4.69, 9.17) is 0 Å². The van der Waals surface area contributed by atoms with Crippen LogP contribution >= 0.6 is 0 Å². The predicted molar refractivity (Wildman–Crippen MR) is 137 cm³/mol. The number of aromatic nitrogens is 6. The molecule has 2 aromatic heterocycles. The van der Waals surface area contributed by atoms with E-state index in [2.05, 4.69) is 54.4 Å². The number of nitrogens with one attached hydrogen (secondary N) is 2. The van der Waals surface area contributed by atoms with E-state index in [0.29, 0.717) is 12.8 Å². The highest BCUT2D eigenvalue weighted by molar-refractivity contribution is 7.91. The summed E-state index contributed by atoms with van der Waals surface area (Å²) in [6, 6.07) is 0. The van der Waals surface area contributed by atoms with Crippen molar-refractivity contribution in [2.24, 2.45) is 10.2 Å².